The van der Waals surface area contributed by atoms with Crippen LogP contribution in [0.25, 0.3) is 0 Å². The first-order valence-electron chi connectivity index (χ1n) is 12.2. The lowest BCUT2D eigenvalue weighted by atomic mass is 9.72. The quantitative estimate of drug-likeness (QED) is 0.719. The second kappa shape index (κ2) is 9.66. The van der Waals surface area contributed by atoms with Crippen LogP contribution in [0.2, 0.25) is 0 Å². The van der Waals surface area contributed by atoms with Crippen LogP contribution in [0.5, 0.6) is 6.01 Å². The monoisotopic (exact) mass is 420 g/mol. The molecule has 0 amide bonds. The zero-order valence-corrected chi connectivity index (χ0v) is 18.9. The lowest BCUT2D eigenvalue weighted by molar-refractivity contribution is 0.149. The molecule has 1 atom stereocenters. The molecule has 5 rings (SSSR count). The van der Waals surface area contributed by atoms with Crippen molar-refractivity contribution in [2.24, 2.45) is 5.92 Å². The summed E-state index contributed by atoms with van der Waals surface area (Å²) in [4.78, 5) is 11.8. The Balaban J connectivity index is 1.09. The third-order valence-corrected chi connectivity index (χ3v) is 7.41. The zero-order valence-electron chi connectivity index (χ0n) is 18.9. The predicted octanol–water partition coefficient (Wildman–Crippen LogP) is 4.42. The maximum atomic E-state index is 6.03. The van der Waals surface area contributed by atoms with Gasteiger partial charge in [0.15, 0.2) is 0 Å². The normalized spacial score (nSPS) is 26.5. The number of piperidine rings is 1. The van der Waals surface area contributed by atoms with Crippen LogP contribution in [0.4, 0.5) is 0 Å². The molecule has 2 aliphatic heterocycles. The number of nitrogens with zero attached hydrogens (tertiary/aromatic N) is 3. The number of aromatic nitrogens is 2. The molecular weight excluding hydrogens is 384 g/mol. The Bertz CT molecular complexity index is 850. The van der Waals surface area contributed by atoms with Gasteiger partial charge in [-0.3, -0.25) is 4.90 Å². The van der Waals surface area contributed by atoms with E-state index in [0.717, 1.165) is 31.9 Å². The van der Waals surface area contributed by atoms with Crippen molar-refractivity contribution in [2.75, 3.05) is 32.8 Å². The van der Waals surface area contributed by atoms with Gasteiger partial charge in [-0.1, -0.05) is 24.3 Å². The molecule has 3 heterocycles. The van der Waals surface area contributed by atoms with Crippen molar-refractivity contribution in [3.63, 3.8) is 0 Å². The number of hydrogen-bond acceptors (Lipinski definition) is 5. The molecule has 0 bridgehead atoms. The Labute approximate surface area is 186 Å². The van der Waals surface area contributed by atoms with E-state index in [1.54, 1.807) is 0 Å². The summed E-state index contributed by atoms with van der Waals surface area (Å²) in [5.41, 5.74) is 5.28. The highest BCUT2D eigenvalue weighted by Crippen LogP contribution is 2.41. The van der Waals surface area contributed by atoms with Gasteiger partial charge in [0.1, 0.15) is 0 Å². The number of rotatable bonds is 7. The van der Waals surface area contributed by atoms with Crippen molar-refractivity contribution in [2.45, 2.75) is 63.8 Å². The van der Waals surface area contributed by atoms with Gasteiger partial charge in [-0.15, -0.1) is 0 Å². The number of likely N-dealkylation sites (tertiary alicyclic amines) is 1. The van der Waals surface area contributed by atoms with E-state index in [2.05, 4.69) is 46.4 Å². The second-order valence-electron chi connectivity index (χ2n) is 9.83. The summed E-state index contributed by atoms with van der Waals surface area (Å²) in [7, 11) is 0. The molecule has 2 aromatic rings. The van der Waals surface area contributed by atoms with Gasteiger partial charge in [0.25, 0.3) is 0 Å². The molecule has 166 valence electrons. The second-order valence-corrected chi connectivity index (χ2v) is 9.83. The van der Waals surface area contributed by atoms with E-state index in [0.29, 0.717) is 23.8 Å². The van der Waals surface area contributed by atoms with E-state index < -0.39 is 0 Å². The molecule has 1 aromatic carbocycles. The lowest BCUT2D eigenvalue weighted by Gasteiger charge is -2.35. The van der Waals surface area contributed by atoms with Crippen LogP contribution in [0.15, 0.2) is 30.5 Å². The van der Waals surface area contributed by atoms with Gasteiger partial charge in [-0.05, 0) is 93.6 Å². The average Bonchev–Trinajstić information content (AvgIpc) is 3.28. The Kier molecular flexibility index (Phi) is 6.51. The first-order chi connectivity index (χ1) is 15.2. The standard InChI is InChI=1S/C26H36N4O/c1-19-15-28-26(29-25(19)23-5-4-10-27-16-23)31-18-21-13-24(14-21)22-8-6-20(7-9-22)17-30-11-2-3-12-30/h6-9,15,21,23-24,27H,2-5,10-14,16-18H2,1H3. The summed E-state index contributed by atoms with van der Waals surface area (Å²) >= 11 is 0. The summed E-state index contributed by atoms with van der Waals surface area (Å²) in [6.45, 7) is 8.60. The summed E-state index contributed by atoms with van der Waals surface area (Å²) in [5, 5.41) is 3.49. The van der Waals surface area contributed by atoms with Crippen LogP contribution >= 0.6 is 0 Å². The molecule has 1 unspecified atom stereocenters. The van der Waals surface area contributed by atoms with Crippen molar-refractivity contribution >= 4 is 0 Å². The van der Waals surface area contributed by atoms with Gasteiger partial charge in [0, 0.05) is 25.2 Å². The number of hydrogen-bond donors (Lipinski definition) is 1. The molecule has 3 aliphatic rings. The minimum absolute atomic E-state index is 0.487. The minimum atomic E-state index is 0.487. The van der Waals surface area contributed by atoms with E-state index in [9.17, 15) is 0 Å². The number of ether oxygens (including phenoxy) is 1. The van der Waals surface area contributed by atoms with Crippen molar-refractivity contribution in [1.29, 1.82) is 0 Å². The lowest BCUT2D eigenvalue weighted by Crippen LogP contribution is -2.30. The van der Waals surface area contributed by atoms with Crippen LogP contribution in [0.1, 0.15) is 72.7 Å². The smallest absolute Gasteiger partial charge is 0.316 e. The van der Waals surface area contributed by atoms with E-state index >= 15 is 0 Å². The SMILES string of the molecule is Cc1cnc(OCC2CC(c3ccc(CN4CCCC4)cc3)C2)nc1C1CCCNC1. The van der Waals surface area contributed by atoms with Crippen molar-refractivity contribution in [1.82, 2.24) is 20.2 Å². The molecule has 0 spiro atoms. The van der Waals surface area contributed by atoms with E-state index in [1.807, 2.05) is 6.20 Å². The first kappa shape index (κ1) is 20.9. The van der Waals surface area contributed by atoms with Crippen molar-refractivity contribution in [3.8, 4) is 6.01 Å². The fourth-order valence-electron chi connectivity index (χ4n) is 5.44. The molecule has 1 aliphatic carbocycles. The van der Waals surface area contributed by atoms with Crippen LogP contribution in [-0.2, 0) is 6.54 Å². The molecule has 5 nitrogen and oxygen atoms in total. The van der Waals surface area contributed by atoms with Gasteiger partial charge in [0.05, 0.1) is 12.3 Å². The van der Waals surface area contributed by atoms with E-state index in [1.165, 1.54) is 68.3 Å². The molecule has 1 N–H and O–H groups in total. The maximum Gasteiger partial charge on any atom is 0.316 e. The predicted molar refractivity (Wildman–Crippen MR) is 124 cm³/mol. The molecule has 2 saturated heterocycles. The van der Waals surface area contributed by atoms with Crippen LogP contribution < -0.4 is 10.1 Å². The van der Waals surface area contributed by atoms with Gasteiger partial charge >= 0.3 is 6.01 Å². The van der Waals surface area contributed by atoms with Gasteiger partial charge in [-0.2, -0.15) is 4.98 Å². The van der Waals surface area contributed by atoms with Gasteiger partial charge < -0.3 is 10.1 Å². The Morgan fingerprint density at radius 2 is 1.87 bits per heavy atom. The highest BCUT2D eigenvalue weighted by atomic mass is 16.5. The third kappa shape index (κ3) is 5.09. The van der Waals surface area contributed by atoms with Gasteiger partial charge in [-0.25, -0.2) is 4.98 Å². The van der Waals surface area contributed by atoms with Gasteiger partial charge in [0.2, 0.25) is 0 Å². The molecule has 1 aromatic heterocycles. The Morgan fingerprint density at radius 1 is 1.06 bits per heavy atom. The van der Waals surface area contributed by atoms with Crippen LogP contribution in [-0.4, -0.2) is 47.7 Å². The molecule has 3 fully saturated rings. The van der Waals surface area contributed by atoms with Crippen LogP contribution in [0.3, 0.4) is 0 Å². The Hall–Kier alpha value is -1.98. The molecule has 5 heteroatoms. The number of nitrogens with one attached hydrogen (secondary N) is 1. The highest BCUT2D eigenvalue weighted by molar-refractivity contribution is 5.27. The molecule has 1 saturated carbocycles. The first-order valence-corrected chi connectivity index (χ1v) is 12.2. The minimum Gasteiger partial charge on any atom is -0.463 e. The fourth-order valence-corrected chi connectivity index (χ4v) is 5.44. The number of aryl methyl sites for hydroxylation is 1. The Morgan fingerprint density at radius 3 is 2.61 bits per heavy atom. The maximum absolute atomic E-state index is 6.03. The summed E-state index contributed by atoms with van der Waals surface area (Å²) in [5.74, 6) is 1.77. The topological polar surface area (TPSA) is 50.3 Å². The zero-order chi connectivity index (χ0) is 21.0. The number of benzene rings is 1. The molecule has 31 heavy (non-hydrogen) atoms. The average molecular weight is 421 g/mol. The summed E-state index contributed by atoms with van der Waals surface area (Å²) in [6.07, 6.45) is 9.47. The fraction of sp³-hybridized carbons (Fsp3) is 0.615. The molecule has 0 radical (unpaired) electrons. The summed E-state index contributed by atoms with van der Waals surface area (Å²) in [6, 6.07) is 9.92. The third-order valence-electron chi connectivity index (χ3n) is 7.41. The highest BCUT2D eigenvalue weighted by Gasteiger charge is 2.31. The van der Waals surface area contributed by atoms with E-state index in [4.69, 9.17) is 9.72 Å². The molecular formula is C26H36N4O. The van der Waals surface area contributed by atoms with Crippen molar-refractivity contribution < 1.29 is 4.74 Å². The largest absolute Gasteiger partial charge is 0.463 e. The van der Waals surface area contributed by atoms with E-state index in [-0.39, 0.29) is 0 Å². The van der Waals surface area contributed by atoms with Crippen molar-refractivity contribution in [3.05, 3.63) is 52.8 Å². The summed E-state index contributed by atoms with van der Waals surface area (Å²) < 4.78 is 6.03. The van der Waals surface area contributed by atoms with Crippen LogP contribution in [0, 0.1) is 12.8 Å².